The Balaban J connectivity index is 2.23. The molecule has 1 aliphatic heterocycles. The number of hydrogen-bond donors (Lipinski definition) is 0. The van der Waals surface area contributed by atoms with Gasteiger partial charge in [-0.05, 0) is 25.0 Å². The van der Waals surface area contributed by atoms with Crippen molar-refractivity contribution in [3.05, 3.63) is 33.9 Å². The number of halogens is 3. The second-order valence-corrected chi connectivity index (χ2v) is 6.30. The molecule has 0 atom stereocenters. The molecule has 1 fully saturated rings. The molecular weight excluding hydrogens is 311 g/mol. The van der Waals surface area contributed by atoms with Crippen LogP contribution in [0.15, 0.2) is 18.2 Å². The molecule has 1 heterocycles. The fraction of sp³-hybridized carbons (Fsp3) is 0.500. The van der Waals surface area contributed by atoms with Gasteiger partial charge in [-0.1, -0.05) is 0 Å². The first-order valence-electron chi connectivity index (χ1n) is 6.14. The highest BCUT2D eigenvalue weighted by Crippen LogP contribution is 2.36. The highest BCUT2D eigenvalue weighted by molar-refractivity contribution is 7.85. The van der Waals surface area contributed by atoms with Crippen molar-refractivity contribution < 1.29 is 27.0 Å². The van der Waals surface area contributed by atoms with Gasteiger partial charge in [0.05, 0.1) is 10.5 Å². The molecule has 116 valence electrons. The van der Waals surface area contributed by atoms with Crippen molar-refractivity contribution in [2.24, 2.45) is 0 Å². The SMILES string of the molecule is O=[N+]([O-])c1cc(C(F)(F)F)ccc1OC1CCS(=O)CC1. The number of nitrogens with zero attached hydrogens (tertiary/aromatic N) is 1. The van der Waals surface area contributed by atoms with Crippen LogP contribution in [-0.4, -0.2) is 26.7 Å². The van der Waals surface area contributed by atoms with E-state index in [1.807, 2.05) is 0 Å². The Labute approximate surface area is 120 Å². The zero-order valence-corrected chi connectivity index (χ0v) is 11.6. The number of nitro benzene ring substituents is 1. The van der Waals surface area contributed by atoms with Gasteiger partial charge < -0.3 is 4.74 Å². The molecule has 1 aromatic carbocycles. The zero-order valence-electron chi connectivity index (χ0n) is 10.8. The molecule has 1 saturated heterocycles. The summed E-state index contributed by atoms with van der Waals surface area (Å²) in [7, 11) is -0.911. The number of rotatable bonds is 3. The highest BCUT2D eigenvalue weighted by Gasteiger charge is 2.34. The number of benzene rings is 1. The van der Waals surface area contributed by atoms with Crippen molar-refractivity contribution in [2.45, 2.75) is 25.1 Å². The summed E-state index contributed by atoms with van der Waals surface area (Å²) >= 11 is 0. The Bertz CT molecular complexity index is 566. The largest absolute Gasteiger partial charge is 0.483 e. The lowest BCUT2D eigenvalue weighted by Crippen LogP contribution is -2.27. The Kier molecular flexibility index (Phi) is 4.50. The summed E-state index contributed by atoms with van der Waals surface area (Å²) in [5.41, 5.74) is -1.80. The van der Waals surface area contributed by atoms with Crippen LogP contribution < -0.4 is 4.74 Å². The van der Waals surface area contributed by atoms with Gasteiger partial charge in [-0.25, -0.2) is 0 Å². The zero-order chi connectivity index (χ0) is 15.6. The van der Waals surface area contributed by atoms with Crippen molar-refractivity contribution in [1.82, 2.24) is 0 Å². The van der Waals surface area contributed by atoms with Gasteiger partial charge in [0.15, 0.2) is 5.75 Å². The predicted octanol–water partition coefficient (Wildman–Crippen LogP) is 2.90. The summed E-state index contributed by atoms with van der Waals surface area (Å²) in [6.45, 7) is 0. The summed E-state index contributed by atoms with van der Waals surface area (Å²) in [5, 5.41) is 10.9. The Morgan fingerprint density at radius 2 is 1.90 bits per heavy atom. The van der Waals surface area contributed by atoms with Crippen LogP contribution >= 0.6 is 0 Å². The smallest absolute Gasteiger partial charge is 0.416 e. The molecule has 0 aromatic heterocycles. The summed E-state index contributed by atoms with van der Waals surface area (Å²) in [6, 6.07) is 2.19. The van der Waals surface area contributed by atoms with Crippen molar-refractivity contribution in [1.29, 1.82) is 0 Å². The second-order valence-electron chi connectivity index (χ2n) is 4.60. The van der Waals surface area contributed by atoms with E-state index in [0.29, 0.717) is 30.4 Å². The van der Waals surface area contributed by atoms with Gasteiger partial charge in [0.1, 0.15) is 6.10 Å². The molecule has 1 aliphatic rings. The van der Waals surface area contributed by atoms with E-state index in [1.54, 1.807) is 0 Å². The van der Waals surface area contributed by atoms with E-state index in [1.165, 1.54) is 0 Å². The van der Waals surface area contributed by atoms with Crippen LogP contribution in [0.2, 0.25) is 0 Å². The fourth-order valence-electron chi connectivity index (χ4n) is 2.01. The normalized spacial score (nSPS) is 22.8. The number of hydrogen-bond acceptors (Lipinski definition) is 4. The van der Waals surface area contributed by atoms with Gasteiger partial charge in [0.2, 0.25) is 0 Å². The maximum atomic E-state index is 12.6. The molecule has 1 aromatic rings. The minimum atomic E-state index is -4.65. The summed E-state index contributed by atoms with van der Waals surface area (Å²) in [4.78, 5) is 10.0. The minimum Gasteiger partial charge on any atom is -0.483 e. The molecule has 0 radical (unpaired) electrons. The number of ether oxygens (including phenoxy) is 1. The average molecular weight is 323 g/mol. The maximum Gasteiger partial charge on any atom is 0.416 e. The van der Waals surface area contributed by atoms with E-state index in [0.717, 1.165) is 12.1 Å². The molecule has 0 spiro atoms. The Morgan fingerprint density at radius 3 is 2.43 bits per heavy atom. The molecule has 0 N–H and O–H groups in total. The van der Waals surface area contributed by atoms with E-state index in [9.17, 15) is 27.5 Å². The van der Waals surface area contributed by atoms with Crippen LogP contribution in [0, 0.1) is 10.1 Å². The average Bonchev–Trinajstić information content (AvgIpc) is 2.40. The van der Waals surface area contributed by atoms with Crippen molar-refractivity contribution in [3.8, 4) is 5.75 Å². The number of nitro groups is 1. The van der Waals surface area contributed by atoms with E-state index in [-0.39, 0.29) is 11.9 Å². The summed E-state index contributed by atoms with van der Waals surface area (Å²) in [5.74, 6) is 0.670. The van der Waals surface area contributed by atoms with Gasteiger partial charge in [-0.15, -0.1) is 0 Å². The van der Waals surface area contributed by atoms with Crippen LogP contribution in [0.1, 0.15) is 18.4 Å². The molecule has 0 saturated carbocycles. The monoisotopic (exact) mass is 323 g/mol. The Morgan fingerprint density at radius 1 is 1.29 bits per heavy atom. The van der Waals surface area contributed by atoms with E-state index in [2.05, 4.69) is 0 Å². The first kappa shape index (κ1) is 15.7. The third-order valence-corrected chi connectivity index (χ3v) is 4.49. The summed E-state index contributed by atoms with van der Waals surface area (Å²) < 4.78 is 54.3. The maximum absolute atomic E-state index is 12.6. The lowest BCUT2D eigenvalue weighted by molar-refractivity contribution is -0.386. The molecule has 21 heavy (non-hydrogen) atoms. The fourth-order valence-corrected chi connectivity index (χ4v) is 3.26. The first-order chi connectivity index (χ1) is 9.77. The van der Waals surface area contributed by atoms with Crippen molar-refractivity contribution in [3.63, 3.8) is 0 Å². The number of alkyl halides is 3. The molecule has 9 heteroatoms. The van der Waals surface area contributed by atoms with Gasteiger partial charge in [0, 0.05) is 28.4 Å². The van der Waals surface area contributed by atoms with Crippen LogP contribution in [0.4, 0.5) is 18.9 Å². The standard InChI is InChI=1S/C12H12F3NO4S/c13-12(14,15)8-1-2-11(10(7-8)16(17)18)20-9-3-5-21(19)6-4-9/h1-2,7,9H,3-6H2. The van der Waals surface area contributed by atoms with Gasteiger partial charge in [-0.2, -0.15) is 13.2 Å². The molecule has 0 bridgehead atoms. The molecule has 0 aliphatic carbocycles. The van der Waals surface area contributed by atoms with E-state index < -0.39 is 33.2 Å². The van der Waals surface area contributed by atoms with Crippen LogP contribution in [0.3, 0.4) is 0 Å². The van der Waals surface area contributed by atoms with Gasteiger partial charge >= 0.3 is 11.9 Å². The van der Waals surface area contributed by atoms with Crippen LogP contribution in [0.25, 0.3) is 0 Å². The van der Waals surface area contributed by atoms with Crippen molar-refractivity contribution in [2.75, 3.05) is 11.5 Å². The molecule has 2 rings (SSSR count). The second kappa shape index (κ2) is 6.00. The van der Waals surface area contributed by atoms with E-state index >= 15 is 0 Å². The minimum absolute atomic E-state index is 0.189. The molecule has 5 nitrogen and oxygen atoms in total. The molecular formula is C12H12F3NO4S. The lowest BCUT2D eigenvalue weighted by Gasteiger charge is -2.22. The predicted molar refractivity (Wildman–Crippen MR) is 69.6 cm³/mol. The first-order valence-corrected chi connectivity index (χ1v) is 7.63. The Hall–Kier alpha value is -1.64. The van der Waals surface area contributed by atoms with E-state index in [4.69, 9.17) is 4.74 Å². The van der Waals surface area contributed by atoms with Crippen molar-refractivity contribution >= 4 is 16.5 Å². The quantitative estimate of drug-likeness (QED) is 0.633. The van der Waals surface area contributed by atoms with Crippen LogP contribution in [-0.2, 0) is 17.0 Å². The molecule has 0 amide bonds. The van der Waals surface area contributed by atoms with Gasteiger partial charge in [0.25, 0.3) is 0 Å². The topological polar surface area (TPSA) is 69.4 Å². The highest BCUT2D eigenvalue weighted by atomic mass is 32.2. The summed E-state index contributed by atoms with van der Waals surface area (Å²) in [6.07, 6.45) is -4.08. The lowest BCUT2D eigenvalue weighted by atomic mass is 10.1. The third-order valence-electron chi connectivity index (χ3n) is 3.11. The van der Waals surface area contributed by atoms with Gasteiger partial charge in [-0.3, -0.25) is 14.3 Å². The van der Waals surface area contributed by atoms with Crippen LogP contribution in [0.5, 0.6) is 5.75 Å². The third kappa shape index (κ3) is 3.93. The molecule has 0 unspecified atom stereocenters.